The van der Waals surface area contributed by atoms with Crippen LogP contribution in [-0.2, 0) is 0 Å². The van der Waals surface area contributed by atoms with Gasteiger partial charge < -0.3 is 5.32 Å². The number of rotatable bonds is 3. The van der Waals surface area contributed by atoms with E-state index in [0.29, 0.717) is 5.56 Å². The molecular weight excluding hydrogens is 280 g/mol. The van der Waals surface area contributed by atoms with Crippen LogP contribution in [0.1, 0.15) is 24.2 Å². The first-order valence-corrected chi connectivity index (χ1v) is 5.95. The molecule has 86 valence electrons. The van der Waals surface area contributed by atoms with Crippen LogP contribution in [0.2, 0.25) is 0 Å². The van der Waals surface area contributed by atoms with Gasteiger partial charge in [0, 0.05) is 10.7 Å². The fourth-order valence-electron chi connectivity index (χ4n) is 1.55. The summed E-state index contributed by atoms with van der Waals surface area (Å²) in [7, 11) is 0. The quantitative estimate of drug-likeness (QED) is 0.912. The number of anilines is 1. The van der Waals surface area contributed by atoms with Gasteiger partial charge in [-0.1, -0.05) is 15.9 Å². The molecule has 1 unspecified atom stereocenters. The molecule has 5 heteroatoms. The van der Waals surface area contributed by atoms with Crippen LogP contribution in [-0.4, -0.2) is 10.2 Å². The number of aromatic nitrogens is 2. The number of nitriles is 1. The van der Waals surface area contributed by atoms with Crippen molar-refractivity contribution >= 4 is 21.6 Å². The zero-order valence-electron chi connectivity index (χ0n) is 9.24. The van der Waals surface area contributed by atoms with Crippen molar-refractivity contribution < 1.29 is 0 Å². The molecule has 2 aromatic rings. The van der Waals surface area contributed by atoms with Crippen molar-refractivity contribution in [3.05, 3.63) is 46.2 Å². The summed E-state index contributed by atoms with van der Waals surface area (Å²) in [5.41, 5.74) is 2.42. The van der Waals surface area contributed by atoms with Crippen LogP contribution >= 0.6 is 15.9 Å². The predicted octanol–water partition coefficient (Wildman–Crippen LogP) is 3.22. The Labute approximate surface area is 108 Å². The molecule has 1 atom stereocenters. The summed E-state index contributed by atoms with van der Waals surface area (Å²) in [5.74, 6) is 0. The number of H-pyrrole nitrogens is 1. The maximum absolute atomic E-state index is 9.06. The summed E-state index contributed by atoms with van der Waals surface area (Å²) in [5, 5.41) is 19.1. The molecule has 0 amide bonds. The maximum atomic E-state index is 9.06. The molecule has 0 radical (unpaired) electrons. The van der Waals surface area contributed by atoms with E-state index < -0.39 is 0 Å². The first kappa shape index (κ1) is 11.7. The molecule has 1 heterocycles. The van der Waals surface area contributed by atoms with E-state index in [1.807, 2.05) is 25.1 Å². The van der Waals surface area contributed by atoms with Crippen LogP contribution in [0.25, 0.3) is 0 Å². The second-order valence-electron chi connectivity index (χ2n) is 3.68. The summed E-state index contributed by atoms with van der Waals surface area (Å²) in [6.45, 7) is 2.01. The fraction of sp³-hybridized carbons (Fsp3) is 0.167. The lowest BCUT2D eigenvalue weighted by molar-refractivity contribution is 0.825. The molecule has 0 saturated heterocycles. The normalized spacial score (nSPS) is 11.8. The van der Waals surface area contributed by atoms with Gasteiger partial charge in [0.25, 0.3) is 0 Å². The lowest BCUT2D eigenvalue weighted by atomic mass is 10.1. The van der Waals surface area contributed by atoms with E-state index in [0.717, 1.165) is 15.9 Å². The van der Waals surface area contributed by atoms with Crippen LogP contribution in [0.3, 0.4) is 0 Å². The van der Waals surface area contributed by atoms with Gasteiger partial charge in [0.05, 0.1) is 23.0 Å². The van der Waals surface area contributed by atoms with E-state index in [4.69, 9.17) is 5.26 Å². The molecule has 0 saturated carbocycles. The number of hydrogen-bond acceptors (Lipinski definition) is 3. The molecule has 1 aromatic carbocycles. The minimum Gasteiger partial charge on any atom is -0.376 e. The zero-order valence-corrected chi connectivity index (χ0v) is 10.8. The van der Waals surface area contributed by atoms with Gasteiger partial charge in [-0.25, -0.2) is 0 Å². The van der Waals surface area contributed by atoms with E-state index in [-0.39, 0.29) is 6.04 Å². The van der Waals surface area contributed by atoms with Gasteiger partial charge in [0.1, 0.15) is 6.07 Å². The summed E-state index contributed by atoms with van der Waals surface area (Å²) < 4.78 is 0.897. The summed E-state index contributed by atoms with van der Waals surface area (Å²) in [4.78, 5) is 0. The fourth-order valence-corrected chi connectivity index (χ4v) is 1.91. The number of halogens is 1. The van der Waals surface area contributed by atoms with Gasteiger partial charge in [-0.2, -0.15) is 10.4 Å². The van der Waals surface area contributed by atoms with Crippen LogP contribution in [0.5, 0.6) is 0 Å². The van der Waals surface area contributed by atoms with E-state index in [2.05, 4.69) is 37.5 Å². The molecule has 2 rings (SSSR count). The highest BCUT2D eigenvalue weighted by Crippen LogP contribution is 2.24. The molecule has 2 N–H and O–H groups in total. The Hall–Kier alpha value is -1.80. The predicted molar refractivity (Wildman–Crippen MR) is 69.5 cm³/mol. The molecule has 1 aromatic heterocycles. The number of hydrogen-bond donors (Lipinski definition) is 2. The third-order valence-corrected chi connectivity index (χ3v) is 2.96. The average molecular weight is 291 g/mol. The first-order chi connectivity index (χ1) is 8.20. The van der Waals surface area contributed by atoms with E-state index in [1.54, 1.807) is 12.3 Å². The number of nitrogens with one attached hydrogen (secondary N) is 2. The van der Waals surface area contributed by atoms with Gasteiger partial charge in [-0.05, 0) is 31.2 Å². The van der Waals surface area contributed by atoms with Gasteiger partial charge >= 0.3 is 0 Å². The first-order valence-electron chi connectivity index (χ1n) is 5.16. The monoisotopic (exact) mass is 290 g/mol. The average Bonchev–Trinajstić information content (AvgIpc) is 2.85. The third kappa shape index (κ3) is 2.66. The van der Waals surface area contributed by atoms with E-state index in [9.17, 15) is 0 Å². The van der Waals surface area contributed by atoms with E-state index >= 15 is 0 Å². The Morgan fingerprint density at radius 3 is 2.94 bits per heavy atom. The Morgan fingerprint density at radius 2 is 2.29 bits per heavy atom. The Morgan fingerprint density at radius 1 is 1.47 bits per heavy atom. The molecule has 0 aliphatic carbocycles. The molecule has 4 nitrogen and oxygen atoms in total. The molecule has 0 bridgehead atoms. The van der Waals surface area contributed by atoms with E-state index in [1.165, 1.54) is 0 Å². The minimum absolute atomic E-state index is 0.0748. The smallest absolute Gasteiger partial charge is 0.101 e. The van der Waals surface area contributed by atoms with Crippen LogP contribution < -0.4 is 5.32 Å². The van der Waals surface area contributed by atoms with Crippen LogP contribution in [0, 0.1) is 11.3 Å². The Bertz CT molecular complexity index is 542. The van der Waals surface area contributed by atoms with Crippen molar-refractivity contribution in [2.75, 3.05) is 5.32 Å². The van der Waals surface area contributed by atoms with Crippen molar-refractivity contribution in [2.45, 2.75) is 13.0 Å². The number of nitrogens with zero attached hydrogens (tertiary/aromatic N) is 2. The molecule has 0 spiro atoms. The minimum atomic E-state index is 0.0748. The topological polar surface area (TPSA) is 64.5 Å². The second-order valence-corrected chi connectivity index (χ2v) is 4.60. The highest BCUT2D eigenvalue weighted by molar-refractivity contribution is 9.10. The lowest BCUT2D eigenvalue weighted by Crippen LogP contribution is -2.08. The van der Waals surface area contributed by atoms with Crippen molar-refractivity contribution in [1.29, 1.82) is 5.26 Å². The van der Waals surface area contributed by atoms with Gasteiger partial charge in [0.2, 0.25) is 0 Å². The van der Waals surface area contributed by atoms with Crippen molar-refractivity contribution in [3.63, 3.8) is 0 Å². The third-order valence-electron chi connectivity index (χ3n) is 2.46. The highest BCUT2D eigenvalue weighted by Gasteiger charge is 2.09. The standard InChI is InChI=1S/C12H11BrN4/c1-8(11-4-5-15-17-11)16-12-3-2-10(13)6-9(12)7-14/h2-6,8,16H,1H3,(H,15,17). The van der Waals surface area contributed by atoms with Crippen LogP contribution in [0.15, 0.2) is 34.9 Å². The maximum Gasteiger partial charge on any atom is 0.101 e. The Balaban J connectivity index is 2.22. The molecule has 17 heavy (non-hydrogen) atoms. The highest BCUT2D eigenvalue weighted by atomic mass is 79.9. The van der Waals surface area contributed by atoms with Crippen molar-refractivity contribution in [2.24, 2.45) is 0 Å². The summed E-state index contributed by atoms with van der Waals surface area (Å²) >= 11 is 3.35. The summed E-state index contributed by atoms with van der Waals surface area (Å²) in [6.07, 6.45) is 1.71. The Kier molecular flexibility index (Phi) is 3.45. The molecule has 0 fully saturated rings. The largest absolute Gasteiger partial charge is 0.376 e. The van der Waals surface area contributed by atoms with Gasteiger partial charge in [0.15, 0.2) is 0 Å². The molecule has 0 aliphatic heterocycles. The van der Waals surface area contributed by atoms with Gasteiger partial charge in [-0.3, -0.25) is 5.10 Å². The lowest BCUT2D eigenvalue weighted by Gasteiger charge is -2.14. The SMILES string of the molecule is CC(Nc1ccc(Br)cc1C#N)c1ccn[nH]1. The van der Waals surface area contributed by atoms with Crippen LogP contribution in [0.4, 0.5) is 5.69 Å². The number of aromatic amines is 1. The van der Waals surface area contributed by atoms with Gasteiger partial charge in [-0.15, -0.1) is 0 Å². The summed E-state index contributed by atoms with van der Waals surface area (Å²) in [6, 6.07) is 9.73. The molecular formula is C12H11BrN4. The second kappa shape index (κ2) is 5.02. The van der Waals surface area contributed by atoms with Crippen molar-refractivity contribution in [1.82, 2.24) is 10.2 Å². The zero-order chi connectivity index (χ0) is 12.3. The number of benzene rings is 1. The molecule has 0 aliphatic rings. The van der Waals surface area contributed by atoms with Crippen molar-refractivity contribution in [3.8, 4) is 6.07 Å².